The number of thiophene rings is 1. The van der Waals surface area contributed by atoms with Crippen LogP contribution in [0.5, 0.6) is 11.5 Å². The van der Waals surface area contributed by atoms with E-state index in [1.807, 2.05) is 11.3 Å². The monoisotopic (exact) mass is 764 g/mol. The Hall–Kier alpha value is -7.26. The molecule has 0 radical (unpaired) electrons. The second-order valence-electron chi connectivity index (χ2n) is 16.2. The maximum Gasteiger partial charge on any atom is 0.135 e. The zero-order valence-corrected chi connectivity index (χ0v) is 32.6. The van der Waals surface area contributed by atoms with Gasteiger partial charge in [-0.2, -0.15) is 0 Å². The standard InChI is InChI=1S/C57H32OS/c1-4-20-46-37(13-1)41-16-7-11-33-12-8-22-48(54(33)41)57(46)47-21-5-2-15-43(47)55-39(19-10-23-49(55)57)36-27-29-51-56-40(36)17-9-18-42(56)44-31-34(25-28-50(44)58-51)35-26-30-53-45(32-35)38-14-3-6-24-52(38)59-53/h1-32H. The van der Waals surface area contributed by atoms with Crippen LogP contribution in [0.25, 0.3) is 97.4 Å². The normalized spacial score (nSPS) is 15.3. The maximum atomic E-state index is 6.79. The summed E-state index contributed by atoms with van der Waals surface area (Å²) in [6.07, 6.45) is 0. The van der Waals surface area contributed by atoms with Crippen LogP contribution in [-0.4, -0.2) is 0 Å². The maximum absolute atomic E-state index is 6.79. The molecular formula is C57H32OS. The lowest BCUT2D eigenvalue weighted by Crippen LogP contribution is -2.31. The summed E-state index contributed by atoms with van der Waals surface area (Å²) in [6.45, 7) is 0. The molecule has 1 unspecified atom stereocenters. The summed E-state index contributed by atoms with van der Waals surface area (Å²) in [5.74, 6) is 1.80. The topological polar surface area (TPSA) is 9.23 Å². The van der Waals surface area contributed by atoms with Gasteiger partial charge in [-0.3, -0.25) is 0 Å². The van der Waals surface area contributed by atoms with E-state index in [9.17, 15) is 0 Å². The van der Waals surface area contributed by atoms with Crippen molar-refractivity contribution in [2.24, 2.45) is 0 Å². The van der Waals surface area contributed by atoms with Gasteiger partial charge in [0, 0.05) is 31.1 Å². The van der Waals surface area contributed by atoms with Crippen LogP contribution in [0.3, 0.4) is 0 Å². The van der Waals surface area contributed by atoms with Gasteiger partial charge in [0.05, 0.1) is 5.41 Å². The first kappa shape index (κ1) is 31.8. The van der Waals surface area contributed by atoms with Crippen molar-refractivity contribution in [3.05, 3.63) is 216 Å². The van der Waals surface area contributed by atoms with Crippen LogP contribution < -0.4 is 4.74 Å². The Balaban J connectivity index is 0.991. The van der Waals surface area contributed by atoms with Crippen LogP contribution in [0, 0.1) is 0 Å². The van der Waals surface area contributed by atoms with Gasteiger partial charge in [0.15, 0.2) is 0 Å². The van der Waals surface area contributed by atoms with Crippen molar-refractivity contribution < 1.29 is 4.74 Å². The first-order valence-corrected chi connectivity index (χ1v) is 21.2. The highest BCUT2D eigenvalue weighted by Crippen LogP contribution is 2.63. The molecule has 10 aromatic carbocycles. The molecule has 1 nitrogen and oxygen atoms in total. The summed E-state index contributed by atoms with van der Waals surface area (Å²) in [7, 11) is 0. The predicted molar refractivity (Wildman–Crippen MR) is 247 cm³/mol. The van der Waals surface area contributed by atoms with Gasteiger partial charge in [0.2, 0.25) is 0 Å². The van der Waals surface area contributed by atoms with Crippen LogP contribution in [0.1, 0.15) is 22.3 Å². The fourth-order valence-corrected chi connectivity index (χ4v) is 12.2. The van der Waals surface area contributed by atoms with Gasteiger partial charge in [-0.1, -0.05) is 158 Å². The quantitative estimate of drug-likeness (QED) is 0.170. The number of ether oxygens (including phenoxy) is 1. The SMILES string of the molecule is c1ccc2c(c1)-c1c(-c3ccc4c5c(cccc35)-c3cc(-c5ccc6sc7ccccc7c6c5)ccc3O4)cccc1C21c2ccccc2-c2cccc3cccc1c23. The second kappa shape index (κ2) is 11.4. The molecule has 1 spiro atoms. The molecule has 2 heteroatoms. The van der Waals surface area contributed by atoms with E-state index in [4.69, 9.17) is 4.74 Å². The summed E-state index contributed by atoms with van der Waals surface area (Å²) in [5, 5.41) is 7.62. The minimum absolute atomic E-state index is 0.463. The third-order valence-electron chi connectivity index (χ3n) is 13.5. The molecule has 11 aromatic rings. The summed E-state index contributed by atoms with van der Waals surface area (Å²) in [5.41, 5.74) is 17.4. The third kappa shape index (κ3) is 4.04. The van der Waals surface area contributed by atoms with Gasteiger partial charge in [-0.05, 0) is 125 Å². The zero-order valence-electron chi connectivity index (χ0n) is 31.8. The highest BCUT2D eigenvalue weighted by molar-refractivity contribution is 7.25. The fraction of sp³-hybridized carbons (Fsp3) is 0.0175. The molecule has 1 atom stereocenters. The minimum Gasteiger partial charge on any atom is -0.456 e. The number of benzene rings is 10. The van der Waals surface area contributed by atoms with Gasteiger partial charge >= 0.3 is 0 Å². The Labute approximate surface area is 345 Å². The van der Waals surface area contributed by atoms with Crippen LogP contribution in [0.4, 0.5) is 0 Å². The van der Waals surface area contributed by atoms with Crippen molar-refractivity contribution in [2.45, 2.75) is 5.41 Å². The third-order valence-corrected chi connectivity index (χ3v) is 14.6. The van der Waals surface area contributed by atoms with Crippen molar-refractivity contribution in [1.82, 2.24) is 0 Å². The molecular weight excluding hydrogens is 733 g/mol. The molecule has 272 valence electrons. The highest BCUT2D eigenvalue weighted by Gasteiger charge is 2.50. The Morgan fingerprint density at radius 1 is 0.339 bits per heavy atom. The van der Waals surface area contributed by atoms with Crippen LogP contribution in [-0.2, 0) is 5.41 Å². The first-order chi connectivity index (χ1) is 29.3. The van der Waals surface area contributed by atoms with Crippen LogP contribution in [0.2, 0.25) is 0 Å². The van der Waals surface area contributed by atoms with Crippen molar-refractivity contribution in [2.75, 3.05) is 0 Å². The van der Waals surface area contributed by atoms with E-state index < -0.39 is 5.41 Å². The Morgan fingerprint density at radius 2 is 0.949 bits per heavy atom. The van der Waals surface area contributed by atoms with Crippen molar-refractivity contribution >= 4 is 53.1 Å². The van der Waals surface area contributed by atoms with Crippen molar-refractivity contribution in [3.8, 4) is 67.1 Å². The lowest BCUT2D eigenvalue weighted by molar-refractivity contribution is 0.487. The first-order valence-electron chi connectivity index (χ1n) is 20.4. The van der Waals surface area contributed by atoms with Gasteiger partial charge in [0.25, 0.3) is 0 Å². The molecule has 0 bridgehead atoms. The van der Waals surface area contributed by atoms with Gasteiger partial charge in [-0.15, -0.1) is 11.3 Å². The molecule has 59 heavy (non-hydrogen) atoms. The summed E-state index contributed by atoms with van der Waals surface area (Å²) < 4.78 is 9.44. The van der Waals surface area contributed by atoms with Crippen molar-refractivity contribution in [3.63, 3.8) is 0 Å². The molecule has 14 rings (SSSR count). The van der Waals surface area contributed by atoms with Crippen molar-refractivity contribution in [1.29, 1.82) is 0 Å². The average molecular weight is 765 g/mol. The second-order valence-corrected chi connectivity index (χ2v) is 17.3. The smallest absolute Gasteiger partial charge is 0.135 e. The number of fused-ring (bicyclic) bond motifs is 14. The lowest BCUT2D eigenvalue weighted by Gasteiger charge is -2.40. The molecule has 1 aliphatic heterocycles. The molecule has 2 aliphatic carbocycles. The summed E-state index contributed by atoms with van der Waals surface area (Å²) in [4.78, 5) is 0. The van der Waals surface area contributed by atoms with Gasteiger partial charge in [0.1, 0.15) is 11.5 Å². The number of rotatable bonds is 2. The van der Waals surface area contributed by atoms with E-state index in [1.165, 1.54) is 109 Å². The average Bonchev–Trinajstić information content (AvgIpc) is 3.82. The summed E-state index contributed by atoms with van der Waals surface area (Å²) >= 11 is 1.86. The van der Waals surface area contributed by atoms with Gasteiger partial charge in [-0.25, -0.2) is 0 Å². The van der Waals surface area contributed by atoms with E-state index >= 15 is 0 Å². The minimum atomic E-state index is -0.463. The van der Waals surface area contributed by atoms with E-state index in [-0.39, 0.29) is 0 Å². The number of hydrogen-bond acceptors (Lipinski definition) is 2. The summed E-state index contributed by atoms with van der Waals surface area (Å²) in [6, 6.07) is 72.5. The van der Waals surface area contributed by atoms with Crippen LogP contribution in [0.15, 0.2) is 194 Å². The zero-order chi connectivity index (χ0) is 38.4. The Bertz CT molecular complexity index is 3660. The van der Waals surface area contributed by atoms with Crippen LogP contribution >= 0.6 is 11.3 Å². The number of hydrogen-bond donors (Lipinski definition) is 0. The molecule has 1 aromatic heterocycles. The molecule has 0 amide bonds. The Kier molecular flexibility index (Phi) is 6.16. The fourth-order valence-electron chi connectivity index (χ4n) is 11.2. The largest absolute Gasteiger partial charge is 0.456 e. The Morgan fingerprint density at radius 3 is 1.86 bits per heavy atom. The molecule has 3 aliphatic rings. The molecule has 0 saturated carbocycles. The lowest BCUT2D eigenvalue weighted by atomic mass is 9.61. The molecule has 2 heterocycles. The van der Waals surface area contributed by atoms with Gasteiger partial charge < -0.3 is 4.74 Å². The molecule has 0 N–H and O–H groups in total. The molecule has 0 saturated heterocycles. The highest BCUT2D eigenvalue weighted by atomic mass is 32.1. The molecule has 0 fully saturated rings. The van der Waals surface area contributed by atoms with E-state index in [2.05, 4.69) is 194 Å². The van der Waals surface area contributed by atoms with E-state index in [0.29, 0.717) is 0 Å². The van der Waals surface area contributed by atoms with E-state index in [1.54, 1.807) is 0 Å². The predicted octanol–water partition coefficient (Wildman–Crippen LogP) is 15.8. The van der Waals surface area contributed by atoms with E-state index in [0.717, 1.165) is 22.4 Å².